The Kier molecular flexibility index (Phi) is 6.65. The molecular formula is C27H36ClFO5. The second-order valence-electron chi connectivity index (χ2n) is 11.3. The molecular weight excluding hydrogens is 459 g/mol. The highest BCUT2D eigenvalue weighted by Gasteiger charge is 2.72. The maximum atomic E-state index is 14.8. The third-order valence-corrected chi connectivity index (χ3v) is 9.91. The average molecular weight is 495 g/mol. The largest absolute Gasteiger partial charge is 0.450 e. The van der Waals surface area contributed by atoms with E-state index < -0.39 is 40.1 Å². The molecule has 34 heavy (non-hydrogen) atoms. The van der Waals surface area contributed by atoms with Gasteiger partial charge in [0.1, 0.15) is 0 Å². The lowest BCUT2D eigenvalue weighted by Crippen LogP contribution is -2.64. The second kappa shape index (κ2) is 8.85. The van der Waals surface area contributed by atoms with E-state index in [1.807, 2.05) is 27.7 Å². The zero-order valence-electron chi connectivity index (χ0n) is 20.5. The number of rotatable bonds is 6. The number of unbranched alkanes of at least 4 members (excludes halogenated alkanes) is 1. The summed E-state index contributed by atoms with van der Waals surface area (Å²) in [5.74, 6) is -2.82. The van der Waals surface area contributed by atoms with Crippen LogP contribution in [0.5, 0.6) is 0 Å². The molecule has 0 aromatic carbocycles. The molecule has 188 valence electrons. The Balaban J connectivity index is 1.77. The third kappa shape index (κ3) is 3.38. The van der Waals surface area contributed by atoms with Crippen molar-refractivity contribution in [3.05, 3.63) is 23.6 Å². The fraction of sp³-hybridized carbons (Fsp3) is 0.741. The molecule has 5 nitrogen and oxygen atoms in total. The zero-order chi connectivity index (χ0) is 25.1. The Morgan fingerprint density at radius 1 is 1.32 bits per heavy atom. The van der Waals surface area contributed by atoms with E-state index in [0.29, 0.717) is 31.3 Å². The van der Waals surface area contributed by atoms with E-state index in [4.69, 9.17) is 16.3 Å². The van der Waals surface area contributed by atoms with E-state index in [1.165, 1.54) is 6.08 Å². The zero-order valence-corrected chi connectivity index (χ0v) is 21.3. The molecule has 0 heterocycles. The molecule has 3 fully saturated rings. The van der Waals surface area contributed by atoms with Crippen LogP contribution in [0.25, 0.3) is 0 Å². The van der Waals surface area contributed by atoms with Crippen LogP contribution in [0.3, 0.4) is 0 Å². The fourth-order valence-electron chi connectivity index (χ4n) is 8.25. The minimum atomic E-state index is -1.39. The van der Waals surface area contributed by atoms with E-state index in [0.717, 1.165) is 6.42 Å². The van der Waals surface area contributed by atoms with Gasteiger partial charge in [0.2, 0.25) is 5.78 Å². The summed E-state index contributed by atoms with van der Waals surface area (Å²) >= 11 is 6.09. The normalized spacial score (nSPS) is 43.3. The first-order valence-corrected chi connectivity index (χ1v) is 13.1. The van der Waals surface area contributed by atoms with Crippen molar-refractivity contribution < 1.29 is 28.6 Å². The van der Waals surface area contributed by atoms with E-state index in [-0.39, 0.29) is 48.2 Å². The quantitative estimate of drug-likeness (QED) is 0.411. The van der Waals surface area contributed by atoms with Crippen LogP contribution in [0.4, 0.5) is 4.39 Å². The monoisotopic (exact) mass is 494 g/mol. The van der Waals surface area contributed by atoms with Gasteiger partial charge in [-0.25, -0.2) is 4.39 Å². The SMILES string of the molecule is CCCCC(=O)O[C@@]1(C(=O)CCl)[C@@H](C)C[C@H]2[C@@H]3CCC4=C(F)C(=O)C=C[C@]4(C)[C@H]3[C@@H](O)C[C@@]21C. The number of ketones is 2. The van der Waals surface area contributed by atoms with Crippen LogP contribution in [-0.2, 0) is 19.1 Å². The summed E-state index contributed by atoms with van der Waals surface area (Å²) in [7, 11) is 0. The van der Waals surface area contributed by atoms with Gasteiger partial charge in [-0.2, -0.15) is 0 Å². The number of carbonyl (C=O) groups excluding carboxylic acids is 3. The Morgan fingerprint density at radius 3 is 2.68 bits per heavy atom. The Morgan fingerprint density at radius 2 is 2.03 bits per heavy atom. The summed E-state index contributed by atoms with van der Waals surface area (Å²) in [5, 5.41) is 11.6. The maximum absolute atomic E-state index is 14.8. The van der Waals surface area contributed by atoms with Crippen LogP contribution >= 0.6 is 11.6 Å². The lowest BCUT2D eigenvalue weighted by atomic mass is 9.46. The van der Waals surface area contributed by atoms with E-state index >= 15 is 0 Å². The summed E-state index contributed by atoms with van der Waals surface area (Å²) < 4.78 is 21.0. The van der Waals surface area contributed by atoms with Crippen molar-refractivity contribution in [1.29, 1.82) is 0 Å². The molecule has 0 amide bonds. The number of esters is 1. The topological polar surface area (TPSA) is 80.7 Å². The number of fused-ring (bicyclic) bond motifs is 5. The van der Waals surface area contributed by atoms with Crippen molar-refractivity contribution in [2.45, 2.75) is 84.3 Å². The smallest absolute Gasteiger partial charge is 0.306 e. The van der Waals surface area contributed by atoms with Gasteiger partial charge in [0.05, 0.1) is 12.0 Å². The van der Waals surface area contributed by atoms with Crippen LogP contribution in [0.15, 0.2) is 23.6 Å². The molecule has 4 rings (SSSR count). The molecule has 4 aliphatic rings. The van der Waals surface area contributed by atoms with Gasteiger partial charge in [-0.15, -0.1) is 11.6 Å². The number of halogens is 2. The minimum absolute atomic E-state index is 0.00468. The number of aliphatic hydroxyl groups excluding tert-OH is 1. The minimum Gasteiger partial charge on any atom is -0.450 e. The molecule has 1 N–H and O–H groups in total. The standard InChI is InChI=1S/C27H36ClFO5/c1-5-6-7-22(33)34-27(21(32)14-28)15(2)12-18-16-8-9-17-24(29)19(30)10-11-25(17,3)23(16)20(31)13-26(18,27)4/h10-11,15-16,18,20,23,31H,5-9,12-14H2,1-4H3/t15-,16-,18-,20-,23+,25-,26-,27+/m0/s1. The molecule has 0 unspecified atom stereocenters. The molecule has 0 radical (unpaired) electrons. The first-order chi connectivity index (χ1) is 16.0. The van der Waals surface area contributed by atoms with Crippen molar-refractivity contribution in [3.63, 3.8) is 0 Å². The number of ether oxygens (including phenoxy) is 1. The molecule has 0 aromatic rings. The van der Waals surface area contributed by atoms with Crippen LogP contribution in [0.2, 0.25) is 0 Å². The van der Waals surface area contributed by atoms with Crippen molar-refractivity contribution in [2.75, 3.05) is 5.88 Å². The highest BCUT2D eigenvalue weighted by Crippen LogP contribution is 2.69. The first-order valence-electron chi connectivity index (χ1n) is 12.6. The van der Waals surface area contributed by atoms with Gasteiger partial charge in [-0.05, 0) is 55.6 Å². The number of aliphatic hydroxyl groups is 1. The maximum Gasteiger partial charge on any atom is 0.306 e. The van der Waals surface area contributed by atoms with Gasteiger partial charge in [-0.1, -0.05) is 40.2 Å². The summed E-state index contributed by atoms with van der Waals surface area (Å²) in [6, 6.07) is 0. The first kappa shape index (κ1) is 25.6. The van der Waals surface area contributed by atoms with E-state index in [9.17, 15) is 23.9 Å². The fourth-order valence-corrected chi connectivity index (χ4v) is 8.44. The Hall–Kier alpha value is -1.53. The number of hydrogen-bond donors (Lipinski definition) is 1. The number of Topliss-reactive ketones (excluding diaryl/α,β-unsaturated/α-hetero) is 1. The predicted octanol–water partition coefficient (Wildman–Crippen LogP) is 5.09. The van der Waals surface area contributed by atoms with Gasteiger partial charge in [-0.3, -0.25) is 14.4 Å². The number of carbonyl (C=O) groups is 3. The van der Waals surface area contributed by atoms with Crippen LogP contribution in [0.1, 0.15) is 72.6 Å². The summed E-state index contributed by atoms with van der Waals surface area (Å²) in [4.78, 5) is 38.3. The van der Waals surface area contributed by atoms with Crippen LogP contribution < -0.4 is 0 Å². The number of alkyl halides is 1. The van der Waals surface area contributed by atoms with Crippen molar-refractivity contribution in [3.8, 4) is 0 Å². The number of hydrogen-bond acceptors (Lipinski definition) is 5. The van der Waals surface area contributed by atoms with Crippen molar-refractivity contribution in [2.24, 2.45) is 34.5 Å². The highest BCUT2D eigenvalue weighted by molar-refractivity contribution is 6.29. The van der Waals surface area contributed by atoms with Gasteiger partial charge < -0.3 is 9.84 Å². The summed E-state index contributed by atoms with van der Waals surface area (Å²) in [5.41, 5.74) is -2.46. The van der Waals surface area contributed by atoms with Gasteiger partial charge in [0.25, 0.3) is 0 Å². The molecule has 8 atom stereocenters. The molecule has 0 aromatic heterocycles. The lowest BCUT2D eigenvalue weighted by Gasteiger charge is -2.60. The van der Waals surface area contributed by atoms with Crippen molar-refractivity contribution in [1.82, 2.24) is 0 Å². The molecule has 0 spiro atoms. The van der Waals surface area contributed by atoms with Crippen LogP contribution in [-0.4, -0.2) is 40.2 Å². The van der Waals surface area contributed by atoms with Gasteiger partial charge >= 0.3 is 5.97 Å². The highest BCUT2D eigenvalue weighted by atomic mass is 35.5. The molecule has 0 aliphatic heterocycles. The second-order valence-corrected chi connectivity index (χ2v) is 11.6. The number of allylic oxidation sites excluding steroid dienone is 4. The average Bonchev–Trinajstić information content (AvgIpc) is 3.01. The van der Waals surface area contributed by atoms with Crippen LogP contribution in [0, 0.1) is 34.5 Å². The van der Waals surface area contributed by atoms with E-state index in [2.05, 4.69) is 0 Å². The molecule has 0 saturated heterocycles. The molecule has 7 heteroatoms. The molecule has 3 saturated carbocycles. The third-order valence-electron chi connectivity index (χ3n) is 9.67. The lowest BCUT2D eigenvalue weighted by molar-refractivity contribution is -0.203. The van der Waals surface area contributed by atoms with Gasteiger partial charge in [0, 0.05) is 29.1 Å². The van der Waals surface area contributed by atoms with Crippen molar-refractivity contribution >= 4 is 29.1 Å². The molecule has 4 aliphatic carbocycles. The summed E-state index contributed by atoms with van der Waals surface area (Å²) in [6.07, 6.45) is 5.91. The predicted molar refractivity (Wildman–Crippen MR) is 127 cm³/mol. The molecule has 0 bridgehead atoms. The van der Waals surface area contributed by atoms with E-state index in [1.54, 1.807) is 6.08 Å². The summed E-state index contributed by atoms with van der Waals surface area (Å²) in [6.45, 7) is 7.81. The van der Waals surface area contributed by atoms with Gasteiger partial charge in [0.15, 0.2) is 17.2 Å². The Labute approximate surface area is 206 Å². The Bertz CT molecular complexity index is 959.